The van der Waals surface area contributed by atoms with Crippen LogP contribution in [0.15, 0.2) is 36.2 Å². The van der Waals surface area contributed by atoms with Crippen LogP contribution in [0.25, 0.3) is 0 Å². The predicted octanol–water partition coefficient (Wildman–Crippen LogP) is 1.38. The average molecular weight is 140 g/mol. The third-order valence-corrected chi connectivity index (χ3v) is 0.981. The number of hydrogen-bond acceptors (Lipinski definition) is 2. The molecule has 0 spiro atoms. The average Bonchev–Trinajstić information content (AvgIpc) is 1.89. The monoisotopic (exact) mass is 140 g/mol. The van der Waals surface area contributed by atoms with E-state index in [1.54, 1.807) is 0 Å². The van der Waals surface area contributed by atoms with Gasteiger partial charge in [-0.1, -0.05) is 6.08 Å². The summed E-state index contributed by atoms with van der Waals surface area (Å²) in [6.07, 6.45) is 9.13. The fourth-order valence-corrected chi connectivity index (χ4v) is 0.503. The first-order valence-corrected chi connectivity index (χ1v) is 3.20. The Bertz CT molecular complexity index is 159. The smallest absolute Gasteiger partial charge is 0.00277 e. The molecule has 0 fully saturated rings. The van der Waals surface area contributed by atoms with Crippen LogP contribution in [-0.4, -0.2) is 7.05 Å². The van der Waals surface area contributed by atoms with Gasteiger partial charge in [0.15, 0.2) is 0 Å². The van der Waals surface area contributed by atoms with E-state index in [0.717, 1.165) is 5.57 Å². The third-order valence-electron chi connectivity index (χ3n) is 0.981. The molecule has 0 aliphatic rings. The first-order valence-electron chi connectivity index (χ1n) is 3.20. The molecular weight excluding hydrogens is 124 g/mol. The summed E-state index contributed by atoms with van der Waals surface area (Å²) in [5, 5.41) is 2.88. The zero-order valence-corrected chi connectivity index (χ0v) is 6.46. The molecule has 0 bridgehead atoms. The van der Waals surface area contributed by atoms with Crippen LogP contribution >= 0.6 is 0 Å². The highest BCUT2D eigenvalue weighted by Crippen LogP contribution is 1.92. The number of rotatable bonds is 3. The molecule has 0 aromatic carbocycles. The Morgan fingerprint density at radius 2 is 2.30 bits per heavy atom. The van der Waals surface area contributed by atoms with E-state index in [4.69, 9.17) is 5.73 Å². The maximum Gasteiger partial charge on any atom is 0.00277 e. The number of nitrogens with one attached hydrogen (secondary N) is 1. The van der Waals surface area contributed by atoms with Gasteiger partial charge in [0.25, 0.3) is 0 Å². The van der Waals surface area contributed by atoms with Crippen molar-refractivity contribution in [3.8, 4) is 0 Å². The molecule has 0 aliphatic heterocycles. The minimum atomic E-state index is 0. The lowest BCUT2D eigenvalue weighted by atomic mass is 10.3. The van der Waals surface area contributed by atoms with Gasteiger partial charge in [-0.25, -0.2) is 0 Å². The van der Waals surface area contributed by atoms with Crippen molar-refractivity contribution in [1.82, 2.24) is 5.32 Å². The van der Waals surface area contributed by atoms with Gasteiger partial charge >= 0.3 is 0 Å². The second-order valence-corrected chi connectivity index (χ2v) is 1.92. The van der Waals surface area contributed by atoms with Crippen LogP contribution in [0.3, 0.4) is 0 Å². The lowest BCUT2D eigenvalue weighted by molar-refractivity contribution is 1.10. The summed E-state index contributed by atoms with van der Waals surface area (Å²) < 4.78 is 0. The SMILES string of the molecule is CN\C=C/C=C(C)/C=C\N.[HH]. The van der Waals surface area contributed by atoms with Crippen molar-refractivity contribution in [2.24, 2.45) is 5.73 Å². The second kappa shape index (κ2) is 5.95. The van der Waals surface area contributed by atoms with Gasteiger partial charge in [0.1, 0.15) is 0 Å². The van der Waals surface area contributed by atoms with Gasteiger partial charge in [-0.05, 0) is 37.0 Å². The highest BCUT2D eigenvalue weighted by Gasteiger charge is 1.73. The molecule has 0 radical (unpaired) electrons. The standard InChI is InChI=1S/C8H14N2.H2/c1-8(5-6-9)4-3-7-10-2;/h3-7,10H,9H2,1-2H3;1H/b6-5-,7-3-,8-4+;. The molecule has 0 rings (SSSR count). The van der Waals surface area contributed by atoms with Crippen LogP contribution in [0.5, 0.6) is 0 Å². The van der Waals surface area contributed by atoms with Crippen LogP contribution in [0.4, 0.5) is 0 Å². The van der Waals surface area contributed by atoms with Gasteiger partial charge in [-0.2, -0.15) is 0 Å². The van der Waals surface area contributed by atoms with E-state index < -0.39 is 0 Å². The maximum atomic E-state index is 5.17. The Morgan fingerprint density at radius 3 is 2.80 bits per heavy atom. The van der Waals surface area contributed by atoms with Gasteiger partial charge < -0.3 is 11.1 Å². The van der Waals surface area contributed by atoms with E-state index in [0.29, 0.717) is 0 Å². The maximum absolute atomic E-state index is 5.17. The van der Waals surface area contributed by atoms with Crippen molar-refractivity contribution in [3.05, 3.63) is 36.2 Å². The van der Waals surface area contributed by atoms with Gasteiger partial charge in [-0.15, -0.1) is 0 Å². The molecular formula is C8H16N2. The summed E-state index contributed by atoms with van der Waals surface area (Å²) in [7, 11) is 1.86. The first kappa shape index (κ1) is 8.82. The van der Waals surface area contributed by atoms with Crippen molar-refractivity contribution < 1.29 is 1.43 Å². The molecule has 10 heavy (non-hydrogen) atoms. The summed E-state index contributed by atoms with van der Waals surface area (Å²) in [5.41, 5.74) is 6.31. The van der Waals surface area contributed by atoms with E-state index in [2.05, 4.69) is 5.32 Å². The lowest BCUT2D eigenvalue weighted by Crippen LogP contribution is -1.89. The lowest BCUT2D eigenvalue weighted by Gasteiger charge is -1.86. The highest BCUT2D eigenvalue weighted by molar-refractivity contribution is 5.20. The molecule has 0 saturated carbocycles. The summed E-state index contributed by atoms with van der Waals surface area (Å²) in [5.74, 6) is 0. The minimum absolute atomic E-state index is 0. The van der Waals surface area contributed by atoms with Crippen LogP contribution in [0, 0.1) is 0 Å². The van der Waals surface area contributed by atoms with Crippen molar-refractivity contribution in [2.45, 2.75) is 6.92 Å². The predicted molar refractivity (Wildman–Crippen MR) is 47.4 cm³/mol. The Kier molecular flexibility index (Phi) is 5.25. The van der Waals surface area contributed by atoms with Gasteiger partial charge in [-0.3, -0.25) is 0 Å². The van der Waals surface area contributed by atoms with E-state index in [1.807, 2.05) is 38.4 Å². The summed E-state index contributed by atoms with van der Waals surface area (Å²) in [4.78, 5) is 0. The zero-order chi connectivity index (χ0) is 7.82. The number of nitrogens with two attached hydrogens (primary N) is 1. The molecule has 0 aromatic heterocycles. The quantitative estimate of drug-likeness (QED) is 0.581. The van der Waals surface area contributed by atoms with Gasteiger partial charge in [0.2, 0.25) is 0 Å². The largest absolute Gasteiger partial charge is 0.405 e. The van der Waals surface area contributed by atoms with Gasteiger partial charge in [0, 0.05) is 8.47 Å². The van der Waals surface area contributed by atoms with Crippen molar-refractivity contribution in [1.29, 1.82) is 0 Å². The molecule has 2 nitrogen and oxygen atoms in total. The molecule has 3 N–H and O–H groups in total. The molecule has 0 unspecified atom stereocenters. The number of allylic oxidation sites excluding steroid dienone is 4. The fourth-order valence-electron chi connectivity index (χ4n) is 0.503. The molecule has 0 saturated heterocycles. The number of hydrogen-bond donors (Lipinski definition) is 2. The fraction of sp³-hybridized carbons (Fsp3) is 0.250. The van der Waals surface area contributed by atoms with Gasteiger partial charge in [0.05, 0.1) is 0 Å². The van der Waals surface area contributed by atoms with Crippen LogP contribution in [-0.2, 0) is 0 Å². The van der Waals surface area contributed by atoms with E-state index in [-0.39, 0.29) is 1.43 Å². The first-order chi connectivity index (χ1) is 4.81. The third kappa shape index (κ3) is 4.97. The van der Waals surface area contributed by atoms with E-state index in [9.17, 15) is 0 Å². The highest BCUT2D eigenvalue weighted by atomic mass is 14.8. The van der Waals surface area contributed by atoms with E-state index >= 15 is 0 Å². The molecule has 0 aliphatic carbocycles. The Labute approximate surface area is 63.6 Å². The van der Waals surface area contributed by atoms with Crippen LogP contribution < -0.4 is 11.1 Å². The normalized spacial score (nSPS) is 13.2. The topological polar surface area (TPSA) is 38.0 Å². The van der Waals surface area contributed by atoms with Crippen molar-refractivity contribution >= 4 is 0 Å². The minimum Gasteiger partial charge on any atom is -0.405 e. The summed E-state index contributed by atoms with van der Waals surface area (Å²) in [6, 6.07) is 0. The van der Waals surface area contributed by atoms with Crippen molar-refractivity contribution in [3.63, 3.8) is 0 Å². The summed E-state index contributed by atoms with van der Waals surface area (Å²) in [6.45, 7) is 1.99. The zero-order valence-electron chi connectivity index (χ0n) is 6.46. The van der Waals surface area contributed by atoms with Crippen molar-refractivity contribution in [2.75, 3.05) is 7.05 Å². The Balaban J connectivity index is 0. The molecule has 0 atom stereocenters. The molecule has 0 heterocycles. The molecule has 2 heteroatoms. The molecule has 0 aromatic rings. The second-order valence-electron chi connectivity index (χ2n) is 1.92. The van der Waals surface area contributed by atoms with E-state index in [1.165, 1.54) is 6.20 Å². The Morgan fingerprint density at radius 1 is 1.60 bits per heavy atom. The Hall–Kier alpha value is -1.18. The van der Waals surface area contributed by atoms with Crippen LogP contribution in [0.1, 0.15) is 8.35 Å². The molecule has 0 amide bonds. The van der Waals surface area contributed by atoms with Crippen LogP contribution in [0.2, 0.25) is 0 Å². The molecule has 58 valence electrons. The summed E-state index contributed by atoms with van der Waals surface area (Å²) >= 11 is 0.